The Bertz CT molecular complexity index is 517. The van der Waals surface area contributed by atoms with E-state index in [0.29, 0.717) is 11.7 Å². The molecule has 0 radical (unpaired) electrons. The van der Waals surface area contributed by atoms with Crippen LogP contribution >= 0.6 is 0 Å². The van der Waals surface area contributed by atoms with E-state index in [1.165, 1.54) is 0 Å². The third-order valence-corrected chi connectivity index (χ3v) is 3.08. The molecule has 1 aliphatic heterocycles. The van der Waals surface area contributed by atoms with Crippen LogP contribution in [0.5, 0.6) is 0 Å². The van der Waals surface area contributed by atoms with Crippen LogP contribution in [0.25, 0.3) is 11.4 Å². The van der Waals surface area contributed by atoms with Gasteiger partial charge in [-0.15, -0.1) is 0 Å². The minimum absolute atomic E-state index is 0.216. The van der Waals surface area contributed by atoms with Gasteiger partial charge in [-0.2, -0.15) is 4.98 Å². The molecule has 1 N–H and O–H groups in total. The molecule has 2 aromatic rings. The SMILES string of the molecule is Cc1ccncc1-c1noc([C@H]2CCCN2)n1. The smallest absolute Gasteiger partial charge is 0.244 e. The number of nitrogens with zero attached hydrogens (tertiary/aromatic N) is 3. The molecule has 1 saturated heterocycles. The Morgan fingerprint density at radius 3 is 3.18 bits per heavy atom. The van der Waals surface area contributed by atoms with E-state index in [2.05, 4.69) is 20.4 Å². The molecule has 0 amide bonds. The molecule has 0 bridgehead atoms. The maximum Gasteiger partial charge on any atom is 0.244 e. The predicted octanol–water partition coefficient (Wildman–Crippen LogP) is 1.86. The van der Waals surface area contributed by atoms with E-state index >= 15 is 0 Å². The summed E-state index contributed by atoms with van der Waals surface area (Å²) in [7, 11) is 0. The molecule has 3 heterocycles. The zero-order valence-electron chi connectivity index (χ0n) is 9.68. The Kier molecular flexibility index (Phi) is 2.60. The normalized spacial score (nSPS) is 19.7. The lowest BCUT2D eigenvalue weighted by atomic mass is 10.1. The van der Waals surface area contributed by atoms with Gasteiger partial charge in [-0.3, -0.25) is 4.98 Å². The van der Waals surface area contributed by atoms with Gasteiger partial charge in [-0.05, 0) is 37.9 Å². The fourth-order valence-corrected chi connectivity index (χ4v) is 2.08. The van der Waals surface area contributed by atoms with E-state index in [9.17, 15) is 0 Å². The Hall–Kier alpha value is -1.75. The second-order valence-corrected chi connectivity index (χ2v) is 4.30. The van der Waals surface area contributed by atoms with Gasteiger partial charge >= 0.3 is 0 Å². The monoisotopic (exact) mass is 230 g/mol. The van der Waals surface area contributed by atoms with Crippen LogP contribution in [0.15, 0.2) is 23.0 Å². The summed E-state index contributed by atoms with van der Waals surface area (Å²) in [6, 6.07) is 2.16. The molecule has 5 heteroatoms. The highest BCUT2D eigenvalue weighted by Gasteiger charge is 2.22. The quantitative estimate of drug-likeness (QED) is 0.853. The van der Waals surface area contributed by atoms with E-state index in [-0.39, 0.29) is 6.04 Å². The van der Waals surface area contributed by atoms with Gasteiger partial charge in [-0.25, -0.2) is 0 Å². The molecular weight excluding hydrogens is 216 g/mol. The number of nitrogens with one attached hydrogen (secondary N) is 1. The molecule has 1 aliphatic rings. The summed E-state index contributed by atoms with van der Waals surface area (Å²) in [6.45, 7) is 3.04. The van der Waals surface area contributed by atoms with Crippen LogP contribution < -0.4 is 5.32 Å². The number of aromatic nitrogens is 3. The zero-order valence-corrected chi connectivity index (χ0v) is 9.68. The molecule has 0 spiro atoms. The Morgan fingerprint density at radius 2 is 2.41 bits per heavy atom. The standard InChI is InChI=1S/C12H14N4O/c1-8-4-6-13-7-9(8)11-15-12(17-16-11)10-3-2-5-14-10/h4,6-7,10,14H,2-3,5H2,1H3/t10-/m1/s1. The highest BCUT2D eigenvalue weighted by atomic mass is 16.5. The van der Waals surface area contributed by atoms with E-state index < -0.39 is 0 Å². The topological polar surface area (TPSA) is 63.8 Å². The lowest BCUT2D eigenvalue weighted by Gasteiger charge is -2.01. The first-order valence-corrected chi connectivity index (χ1v) is 5.82. The second-order valence-electron chi connectivity index (χ2n) is 4.30. The third kappa shape index (κ3) is 1.93. The number of rotatable bonds is 2. The van der Waals surface area contributed by atoms with Crippen molar-refractivity contribution in [3.8, 4) is 11.4 Å². The van der Waals surface area contributed by atoms with Crippen LogP contribution in [0.1, 0.15) is 30.3 Å². The molecule has 0 aliphatic carbocycles. The van der Waals surface area contributed by atoms with Gasteiger partial charge in [0.1, 0.15) is 0 Å². The van der Waals surface area contributed by atoms with Crippen LogP contribution in [-0.2, 0) is 0 Å². The molecule has 3 rings (SSSR count). The van der Waals surface area contributed by atoms with Crippen molar-refractivity contribution in [3.63, 3.8) is 0 Å². The fourth-order valence-electron chi connectivity index (χ4n) is 2.08. The van der Waals surface area contributed by atoms with Crippen molar-refractivity contribution < 1.29 is 4.52 Å². The van der Waals surface area contributed by atoms with E-state index in [0.717, 1.165) is 30.5 Å². The van der Waals surface area contributed by atoms with Crippen molar-refractivity contribution in [2.45, 2.75) is 25.8 Å². The van der Waals surface area contributed by atoms with Crippen molar-refractivity contribution in [1.82, 2.24) is 20.4 Å². The average Bonchev–Trinajstić information content (AvgIpc) is 3.00. The zero-order chi connectivity index (χ0) is 11.7. The fraction of sp³-hybridized carbons (Fsp3) is 0.417. The van der Waals surface area contributed by atoms with Crippen molar-refractivity contribution in [3.05, 3.63) is 29.9 Å². The van der Waals surface area contributed by atoms with E-state index in [4.69, 9.17) is 4.52 Å². The summed E-state index contributed by atoms with van der Waals surface area (Å²) in [5, 5.41) is 7.37. The summed E-state index contributed by atoms with van der Waals surface area (Å²) in [5.74, 6) is 1.31. The maximum absolute atomic E-state index is 5.31. The molecule has 2 aromatic heterocycles. The molecule has 1 fully saturated rings. The number of hydrogen-bond donors (Lipinski definition) is 1. The number of hydrogen-bond acceptors (Lipinski definition) is 5. The summed E-state index contributed by atoms with van der Waals surface area (Å²) in [4.78, 5) is 8.53. The minimum Gasteiger partial charge on any atom is -0.337 e. The van der Waals surface area contributed by atoms with Crippen LogP contribution in [0.4, 0.5) is 0 Å². The molecule has 5 nitrogen and oxygen atoms in total. The summed E-state index contributed by atoms with van der Waals surface area (Å²) in [5.41, 5.74) is 2.03. The largest absolute Gasteiger partial charge is 0.337 e. The first-order valence-electron chi connectivity index (χ1n) is 5.82. The van der Waals surface area contributed by atoms with Crippen LogP contribution in [0, 0.1) is 6.92 Å². The minimum atomic E-state index is 0.216. The van der Waals surface area contributed by atoms with Crippen molar-refractivity contribution in [1.29, 1.82) is 0 Å². The van der Waals surface area contributed by atoms with Crippen molar-refractivity contribution in [2.24, 2.45) is 0 Å². The van der Waals surface area contributed by atoms with Crippen LogP contribution in [0.2, 0.25) is 0 Å². The lowest BCUT2D eigenvalue weighted by molar-refractivity contribution is 0.345. The lowest BCUT2D eigenvalue weighted by Crippen LogP contribution is -2.12. The van der Waals surface area contributed by atoms with Gasteiger partial charge in [-0.1, -0.05) is 5.16 Å². The van der Waals surface area contributed by atoms with Crippen molar-refractivity contribution >= 4 is 0 Å². The first kappa shape index (κ1) is 10.4. The number of aryl methyl sites for hydroxylation is 1. The molecule has 0 aromatic carbocycles. The van der Waals surface area contributed by atoms with Gasteiger partial charge < -0.3 is 9.84 Å². The van der Waals surface area contributed by atoms with E-state index in [1.807, 2.05) is 13.0 Å². The van der Waals surface area contributed by atoms with Gasteiger partial charge in [0.25, 0.3) is 0 Å². The van der Waals surface area contributed by atoms with Crippen LogP contribution in [-0.4, -0.2) is 21.7 Å². The highest BCUT2D eigenvalue weighted by molar-refractivity contribution is 5.57. The second kappa shape index (κ2) is 4.25. The third-order valence-electron chi connectivity index (χ3n) is 3.08. The Labute approximate surface area is 99.3 Å². The summed E-state index contributed by atoms with van der Waals surface area (Å²) >= 11 is 0. The Balaban J connectivity index is 1.92. The molecule has 17 heavy (non-hydrogen) atoms. The van der Waals surface area contributed by atoms with Gasteiger partial charge in [0.2, 0.25) is 11.7 Å². The Morgan fingerprint density at radius 1 is 1.47 bits per heavy atom. The average molecular weight is 230 g/mol. The molecule has 1 atom stereocenters. The van der Waals surface area contributed by atoms with Gasteiger partial charge in [0, 0.05) is 18.0 Å². The maximum atomic E-state index is 5.31. The van der Waals surface area contributed by atoms with Crippen molar-refractivity contribution in [2.75, 3.05) is 6.54 Å². The molecule has 0 unspecified atom stereocenters. The van der Waals surface area contributed by atoms with E-state index in [1.54, 1.807) is 12.4 Å². The van der Waals surface area contributed by atoms with Crippen LogP contribution in [0.3, 0.4) is 0 Å². The molecular formula is C12H14N4O. The van der Waals surface area contributed by atoms with Gasteiger partial charge in [0.15, 0.2) is 0 Å². The molecule has 88 valence electrons. The highest BCUT2D eigenvalue weighted by Crippen LogP contribution is 2.25. The summed E-state index contributed by atoms with van der Waals surface area (Å²) < 4.78 is 5.31. The predicted molar refractivity (Wildman–Crippen MR) is 62.2 cm³/mol. The van der Waals surface area contributed by atoms with Gasteiger partial charge in [0.05, 0.1) is 6.04 Å². The summed E-state index contributed by atoms with van der Waals surface area (Å²) in [6.07, 6.45) is 5.76. The first-order chi connectivity index (χ1) is 8.34. The number of pyridine rings is 1. The molecule has 0 saturated carbocycles.